The summed E-state index contributed by atoms with van der Waals surface area (Å²) in [7, 11) is 0. The summed E-state index contributed by atoms with van der Waals surface area (Å²) in [6, 6.07) is 7.92. The highest BCUT2D eigenvalue weighted by Gasteiger charge is 2.33. The fourth-order valence-corrected chi connectivity index (χ4v) is 1.57. The van der Waals surface area contributed by atoms with Crippen LogP contribution in [0.3, 0.4) is 0 Å². The molecule has 0 amide bonds. The number of alkyl halides is 3. The van der Waals surface area contributed by atoms with Gasteiger partial charge in [0.1, 0.15) is 12.1 Å². The van der Waals surface area contributed by atoms with Crippen LogP contribution in [0.1, 0.15) is 15.9 Å². The maximum absolute atomic E-state index is 12.8. The summed E-state index contributed by atoms with van der Waals surface area (Å²) in [5, 5.41) is 2.56. The van der Waals surface area contributed by atoms with Crippen molar-refractivity contribution < 1.29 is 18.0 Å². The van der Waals surface area contributed by atoms with Gasteiger partial charge in [0, 0.05) is 11.8 Å². The SMILES string of the molecule is O=Cc1ccnc(Nc2ccccc2C(F)(F)F)c1. The lowest BCUT2D eigenvalue weighted by molar-refractivity contribution is -0.136. The first kappa shape index (κ1) is 13.1. The van der Waals surface area contributed by atoms with E-state index >= 15 is 0 Å². The number of hydrogen-bond donors (Lipinski definition) is 1. The van der Waals surface area contributed by atoms with Gasteiger partial charge in [0.25, 0.3) is 0 Å². The number of rotatable bonds is 3. The number of nitrogens with one attached hydrogen (secondary N) is 1. The average molecular weight is 266 g/mol. The Morgan fingerprint density at radius 3 is 2.58 bits per heavy atom. The molecule has 3 nitrogen and oxygen atoms in total. The molecule has 0 aliphatic carbocycles. The van der Waals surface area contributed by atoms with Gasteiger partial charge < -0.3 is 5.32 Å². The second kappa shape index (κ2) is 5.09. The minimum atomic E-state index is -4.45. The third kappa shape index (κ3) is 3.09. The first-order valence-corrected chi connectivity index (χ1v) is 5.35. The minimum absolute atomic E-state index is 0.106. The number of carbonyl (C=O) groups is 1. The molecule has 0 aliphatic rings. The molecule has 1 aromatic carbocycles. The highest BCUT2D eigenvalue weighted by molar-refractivity contribution is 5.77. The molecule has 0 saturated carbocycles. The molecule has 2 rings (SSSR count). The lowest BCUT2D eigenvalue weighted by Gasteiger charge is -2.13. The summed E-state index contributed by atoms with van der Waals surface area (Å²) in [6.07, 6.45) is -2.50. The zero-order valence-electron chi connectivity index (χ0n) is 9.61. The third-order valence-corrected chi connectivity index (χ3v) is 2.42. The van der Waals surface area contributed by atoms with Crippen molar-refractivity contribution in [1.29, 1.82) is 0 Å². The van der Waals surface area contributed by atoms with E-state index in [-0.39, 0.29) is 11.5 Å². The molecule has 0 unspecified atom stereocenters. The van der Waals surface area contributed by atoms with Crippen LogP contribution in [0.2, 0.25) is 0 Å². The van der Waals surface area contributed by atoms with Crippen LogP contribution in [0.4, 0.5) is 24.7 Å². The van der Waals surface area contributed by atoms with E-state index in [9.17, 15) is 18.0 Å². The summed E-state index contributed by atoms with van der Waals surface area (Å²) in [5.41, 5.74) is -0.555. The lowest BCUT2D eigenvalue weighted by Crippen LogP contribution is -2.09. The predicted octanol–water partition coefficient (Wildman–Crippen LogP) is 3.66. The average Bonchev–Trinajstić information content (AvgIpc) is 2.38. The highest BCUT2D eigenvalue weighted by atomic mass is 19.4. The van der Waals surface area contributed by atoms with E-state index in [0.29, 0.717) is 11.8 Å². The molecule has 2 aromatic rings. The van der Waals surface area contributed by atoms with Gasteiger partial charge in [-0.15, -0.1) is 0 Å². The number of para-hydroxylation sites is 1. The number of aromatic nitrogens is 1. The van der Waals surface area contributed by atoms with Crippen LogP contribution < -0.4 is 5.32 Å². The quantitative estimate of drug-likeness (QED) is 0.862. The zero-order valence-corrected chi connectivity index (χ0v) is 9.61. The second-order valence-electron chi connectivity index (χ2n) is 3.76. The van der Waals surface area contributed by atoms with Crippen LogP contribution in [0.25, 0.3) is 0 Å². The standard InChI is InChI=1S/C13H9F3N2O/c14-13(15,16)10-3-1-2-4-11(10)18-12-7-9(8-19)5-6-17-12/h1-8H,(H,17,18). The van der Waals surface area contributed by atoms with Crippen molar-refractivity contribution in [2.45, 2.75) is 6.18 Å². The summed E-state index contributed by atoms with van der Waals surface area (Å²) in [6.45, 7) is 0. The Labute approximate surface area is 107 Å². The molecule has 19 heavy (non-hydrogen) atoms. The Bertz CT molecular complexity index is 596. The van der Waals surface area contributed by atoms with E-state index < -0.39 is 11.7 Å². The molecule has 98 valence electrons. The van der Waals surface area contributed by atoms with Crippen molar-refractivity contribution in [1.82, 2.24) is 4.98 Å². The monoisotopic (exact) mass is 266 g/mol. The Morgan fingerprint density at radius 2 is 1.89 bits per heavy atom. The molecule has 0 fully saturated rings. The van der Waals surface area contributed by atoms with E-state index in [2.05, 4.69) is 10.3 Å². The van der Waals surface area contributed by atoms with Crippen LogP contribution in [-0.4, -0.2) is 11.3 Å². The molecule has 0 aliphatic heterocycles. The van der Waals surface area contributed by atoms with Gasteiger partial charge >= 0.3 is 6.18 Å². The van der Waals surface area contributed by atoms with E-state index in [1.165, 1.54) is 36.5 Å². The van der Waals surface area contributed by atoms with E-state index in [4.69, 9.17) is 0 Å². The smallest absolute Gasteiger partial charge is 0.340 e. The Balaban J connectivity index is 2.35. The van der Waals surface area contributed by atoms with Crippen LogP contribution in [0.15, 0.2) is 42.6 Å². The van der Waals surface area contributed by atoms with Gasteiger partial charge in [-0.2, -0.15) is 13.2 Å². The van der Waals surface area contributed by atoms with Gasteiger partial charge in [-0.25, -0.2) is 4.98 Å². The van der Waals surface area contributed by atoms with Crippen molar-refractivity contribution in [3.05, 3.63) is 53.7 Å². The fourth-order valence-electron chi connectivity index (χ4n) is 1.57. The Morgan fingerprint density at radius 1 is 1.16 bits per heavy atom. The molecule has 1 heterocycles. The van der Waals surface area contributed by atoms with Crippen LogP contribution in [-0.2, 0) is 6.18 Å². The Hall–Kier alpha value is -2.37. The third-order valence-electron chi connectivity index (χ3n) is 2.42. The number of nitrogens with zero attached hydrogens (tertiary/aromatic N) is 1. The molecule has 1 aromatic heterocycles. The largest absolute Gasteiger partial charge is 0.418 e. The normalized spacial score (nSPS) is 11.1. The van der Waals surface area contributed by atoms with E-state index in [0.717, 1.165) is 6.07 Å². The number of pyridine rings is 1. The van der Waals surface area contributed by atoms with Gasteiger partial charge in [-0.3, -0.25) is 4.79 Å². The number of carbonyl (C=O) groups excluding carboxylic acids is 1. The van der Waals surface area contributed by atoms with Crippen molar-refractivity contribution in [2.75, 3.05) is 5.32 Å². The van der Waals surface area contributed by atoms with Crippen LogP contribution in [0.5, 0.6) is 0 Å². The predicted molar refractivity (Wildman–Crippen MR) is 64.4 cm³/mol. The first-order chi connectivity index (χ1) is 9.00. The van der Waals surface area contributed by atoms with Gasteiger partial charge in [-0.05, 0) is 24.3 Å². The summed E-state index contributed by atoms with van der Waals surface area (Å²) >= 11 is 0. The van der Waals surface area contributed by atoms with Crippen molar-refractivity contribution in [2.24, 2.45) is 0 Å². The van der Waals surface area contributed by atoms with Crippen molar-refractivity contribution in [3.8, 4) is 0 Å². The van der Waals surface area contributed by atoms with Gasteiger partial charge in [-0.1, -0.05) is 12.1 Å². The molecular weight excluding hydrogens is 257 g/mol. The Kier molecular flexibility index (Phi) is 3.50. The summed E-state index contributed by atoms with van der Waals surface area (Å²) in [5.74, 6) is 0.182. The summed E-state index contributed by atoms with van der Waals surface area (Å²) in [4.78, 5) is 14.5. The molecule has 0 saturated heterocycles. The zero-order chi connectivity index (χ0) is 13.9. The minimum Gasteiger partial charge on any atom is -0.340 e. The fraction of sp³-hybridized carbons (Fsp3) is 0.0769. The highest BCUT2D eigenvalue weighted by Crippen LogP contribution is 2.35. The number of benzene rings is 1. The second-order valence-corrected chi connectivity index (χ2v) is 3.76. The number of halogens is 3. The number of hydrogen-bond acceptors (Lipinski definition) is 3. The lowest BCUT2D eigenvalue weighted by atomic mass is 10.1. The van der Waals surface area contributed by atoms with E-state index in [1.54, 1.807) is 0 Å². The molecule has 0 spiro atoms. The first-order valence-electron chi connectivity index (χ1n) is 5.35. The molecule has 6 heteroatoms. The summed E-state index contributed by atoms with van der Waals surface area (Å²) < 4.78 is 38.3. The number of anilines is 2. The number of aldehydes is 1. The molecule has 0 radical (unpaired) electrons. The van der Waals surface area contributed by atoms with Crippen LogP contribution in [0, 0.1) is 0 Å². The molecule has 0 atom stereocenters. The molecular formula is C13H9F3N2O. The topological polar surface area (TPSA) is 42.0 Å². The molecule has 1 N–H and O–H groups in total. The van der Waals surface area contributed by atoms with Crippen molar-refractivity contribution >= 4 is 17.8 Å². The van der Waals surface area contributed by atoms with Crippen LogP contribution >= 0.6 is 0 Å². The maximum atomic E-state index is 12.8. The van der Waals surface area contributed by atoms with Gasteiger partial charge in [0.05, 0.1) is 11.3 Å². The maximum Gasteiger partial charge on any atom is 0.418 e. The van der Waals surface area contributed by atoms with Crippen molar-refractivity contribution in [3.63, 3.8) is 0 Å². The van der Waals surface area contributed by atoms with Gasteiger partial charge in [0.15, 0.2) is 0 Å². The molecule has 0 bridgehead atoms. The van der Waals surface area contributed by atoms with E-state index in [1.807, 2.05) is 0 Å². The van der Waals surface area contributed by atoms with Gasteiger partial charge in [0.2, 0.25) is 0 Å².